The van der Waals surface area contributed by atoms with E-state index in [0.717, 1.165) is 30.7 Å². The van der Waals surface area contributed by atoms with Gasteiger partial charge in [-0.05, 0) is 44.0 Å². The Morgan fingerprint density at radius 1 is 1.10 bits per heavy atom. The normalized spacial score (nSPS) is 15.0. The third-order valence-corrected chi connectivity index (χ3v) is 3.44. The highest BCUT2D eigenvalue weighted by atomic mass is 19.4. The van der Waals surface area contributed by atoms with Gasteiger partial charge in [-0.2, -0.15) is 13.2 Å². The number of ether oxygens (including phenoxy) is 1. The highest BCUT2D eigenvalue weighted by Crippen LogP contribution is 2.29. The van der Waals surface area contributed by atoms with Gasteiger partial charge in [0.2, 0.25) is 0 Å². The molecule has 0 bridgehead atoms. The van der Waals surface area contributed by atoms with Crippen LogP contribution in [0.3, 0.4) is 0 Å². The van der Waals surface area contributed by atoms with E-state index in [1.807, 2.05) is 13.8 Å². The van der Waals surface area contributed by atoms with Gasteiger partial charge >= 0.3 is 6.18 Å². The van der Waals surface area contributed by atoms with Crippen LogP contribution in [0, 0.1) is 0 Å². The second-order valence-corrected chi connectivity index (χ2v) is 4.97. The highest BCUT2D eigenvalue weighted by Gasteiger charge is 2.30. The van der Waals surface area contributed by atoms with Crippen molar-refractivity contribution >= 4 is 0 Å². The lowest BCUT2D eigenvalue weighted by Crippen LogP contribution is -2.42. The first-order valence-electron chi connectivity index (χ1n) is 7.43. The lowest BCUT2D eigenvalue weighted by atomic mass is 9.98. The van der Waals surface area contributed by atoms with E-state index in [4.69, 9.17) is 4.74 Å². The number of hydrogen-bond acceptors (Lipinski definition) is 2. The fourth-order valence-electron chi connectivity index (χ4n) is 2.41. The van der Waals surface area contributed by atoms with E-state index < -0.39 is 11.7 Å². The number of rotatable bonds is 8. The first-order chi connectivity index (χ1) is 9.92. The topological polar surface area (TPSA) is 21.3 Å². The minimum absolute atomic E-state index is 0.0669. The van der Waals surface area contributed by atoms with Crippen molar-refractivity contribution in [1.82, 2.24) is 5.32 Å². The van der Waals surface area contributed by atoms with Crippen LogP contribution in [-0.4, -0.2) is 25.3 Å². The van der Waals surface area contributed by atoms with Crippen LogP contribution < -0.4 is 5.32 Å². The van der Waals surface area contributed by atoms with Gasteiger partial charge in [0.15, 0.2) is 0 Å². The van der Waals surface area contributed by atoms with Crippen molar-refractivity contribution in [3.63, 3.8) is 0 Å². The van der Waals surface area contributed by atoms with E-state index in [9.17, 15) is 13.2 Å². The summed E-state index contributed by atoms with van der Waals surface area (Å²) in [5, 5.41) is 3.36. The van der Waals surface area contributed by atoms with E-state index in [0.29, 0.717) is 13.0 Å². The fraction of sp³-hybridized carbons (Fsp3) is 0.625. The zero-order valence-electron chi connectivity index (χ0n) is 12.8. The molecule has 2 unspecified atom stereocenters. The Balaban J connectivity index is 2.79. The lowest BCUT2D eigenvalue weighted by molar-refractivity contribution is -0.137. The van der Waals surface area contributed by atoms with Gasteiger partial charge in [-0.1, -0.05) is 26.0 Å². The van der Waals surface area contributed by atoms with E-state index in [1.165, 1.54) is 0 Å². The molecule has 0 heterocycles. The molecule has 0 aliphatic heterocycles. The first kappa shape index (κ1) is 18.0. The van der Waals surface area contributed by atoms with Gasteiger partial charge in [-0.3, -0.25) is 0 Å². The summed E-state index contributed by atoms with van der Waals surface area (Å²) < 4.78 is 43.4. The summed E-state index contributed by atoms with van der Waals surface area (Å²) in [6.07, 6.45) is -2.69. The van der Waals surface area contributed by atoms with E-state index in [1.54, 1.807) is 12.1 Å². The molecule has 2 nitrogen and oxygen atoms in total. The summed E-state index contributed by atoms with van der Waals surface area (Å²) in [4.78, 5) is 0. The van der Waals surface area contributed by atoms with Crippen LogP contribution in [0.4, 0.5) is 13.2 Å². The summed E-state index contributed by atoms with van der Waals surface area (Å²) in [5.41, 5.74) is 0.273. The zero-order valence-corrected chi connectivity index (χ0v) is 12.8. The molecule has 0 radical (unpaired) electrons. The second kappa shape index (κ2) is 8.39. The van der Waals surface area contributed by atoms with E-state index in [-0.39, 0.29) is 12.1 Å². The van der Waals surface area contributed by atoms with Gasteiger partial charge < -0.3 is 10.1 Å². The number of likely N-dealkylation sites (N-methyl/N-ethyl adjacent to an activating group) is 1. The molecule has 0 saturated carbocycles. The van der Waals surface area contributed by atoms with Crippen molar-refractivity contribution < 1.29 is 17.9 Å². The van der Waals surface area contributed by atoms with Gasteiger partial charge in [-0.15, -0.1) is 0 Å². The van der Waals surface area contributed by atoms with Crippen molar-refractivity contribution in [1.29, 1.82) is 0 Å². The van der Waals surface area contributed by atoms with Gasteiger partial charge in [0.1, 0.15) is 0 Å². The number of alkyl halides is 3. The van der Waals surface area contributed by atoms with Crippen LogP contribution in [0.1, 0.15) is 38.3 Å². The Bertz CT molecular complexity index is 403. The largest absolute Gasteiger partial charge is 0.416 e. The molecule has 0 spiro atoms. The van der Waals surface area contributed by atoms with Crippen LogP contribution >= 0.6 is 0 Å². The maximum absolute atomic E-state index is 12.6. The third kappa shape index (κ3) is 5.67. The molecule has 0 aromatic heterocycles. The van der Waals surface area contributed by atoms with Crippen LogP contribution in [0.25, 0.3) is 0 Å². The third-order valence-electron chi connectivity index (χ3n) is 3.44. The van der Waals surface area contributed by atoms with Crippen LogP contribution in [0.2, 0.25) is 0 Å². The molecule has 120 valence electrons. The molecule has 1 N–H and O–H groups in total. The Hall–Kier alpha value is -1.07. The molecule has 1 rings (SSSR count). The summed E-state index contributed by atoms with van der Waals surface area (Å²) in [6.45, 7) is 7.45. The van der Waals surface area contributed by atoms with Gasteiger partial charge in [0, 0.05) is 12.6 Å². The lowest BCUT2D eigenvalue weighted by Gasteiger charge is -2.27. The van der Waals surface area contributed by atoms with Crippen molar-refractivity contribution in [3.8, 4) is 0 Å². The SMILES string of the molecule is CCNC(Cc1ccc(C(F)(F)F)cc1)C(CC)OCC. The van der Waals surface area contributed by atoms with Crippen LogP contribution in [-0.2, 0) is 17.3 Å². The zero-order chi connectivity index (χ0) is 15.9. The maximum atomic E-state index is 12.6. The fourth-order valence-corrected chi connectivity index (χ4v) is 2.41. The Labute approximate surface area is 124 Å². The average Bonchev–Trinajstić information content (AvgIpc) is 2.44. The number of halogens is 3. The molecular formula is C16H24F3NO. The molecule has 1 aromatic rings. The predicted molar refractivity (Wildman–Crippen MR) is 78.3 cm³/mol. The first-order valence-corrected chi connectivity index (χ1v) is 7.43. The van der Waals surface area contributed by atoms with Crippen molar-refractivity contribution in [2.75, 3.05) is 13.2 Å². The van der Waals surface area contributed by atoms with Crippen LogP contribution in [0.5, 0.6) is 0 Å². The molecule has 0 aliphatic carbocycles. The number of benzene rings is 1. The van der Waals surface area contributed by atoms with Gasteiger partial charge in [0.05, 0.1) is 11.7 Å². The monoisotopic (exact) mass is 303 g/mol. The summed E-state index contributed by atoms with van der Waals surface area (Å²) in [5.74, 6) is 0. The summed E-state index contributed by atoms with van der Waals surface area (Å²) >= 11 is 0. The van der Waals surface area contributed by atoms with E-state index >= 15 is 0 Å². The Morgan fingerprint density at radius 3 is 2.14 bits per heavy atom. The average molecular weight is 303 g/mol. The molecule has 0 saturated heterocycles. The molecule has 2 atom stereocenters. The highest BCUT2D eigenvalue weighted by molar-refractivity contribution is 5.25. The molecule has 1 aromatic carbocycles. The maximum Gasteiger partial charge on any atom is 0.416 e. The van der Waals surface area contributed by atoms with Crippen LogP contribution in [0.15, 0.2) is 24.3 Å². The number of nitrogens with one attached hydrogen (secondary N) is 1. The Morgan fingerprint density at radius 2 is 1.71 bits per heavy atom. The molecule has 0 fully saturated rings. The molecule has 21 heavy (non-hydrogen) atoms. The van der Waals surface area contributed by atoms with Crippen molar-refractivity contribution in [3.05, 3.63) is 35.4 Å². The van der Waals surface area contributed by atoms with E-state index in [2.05, 4.69) is 12.2 Å². The van der Waals surface area contributed by atoms with Gasteiger partial charge in [0.25, 0.3) is 0 Å². The smallest absolute Gasteiger partial charge is 0.377 e. The quantitative estimate of drug-likeness (QED) is 0.782. The molecule has 5 heteroatoms. The number of hydrogen-bond donors (Lipinski definition) is 1. The summed E-state index contributed by atoms with van der Waals surface area (Å²) in [7, 11) is 0. The molecule has 0 aliphatic rings. The minimum Gasteiger partial charge on any atom is -0.377 e. The predicted octanol–water partition coefficient (Wildman–Crippen LogP) is 4.04. The molecular weight excluding hydrogens is 279 g/mol. The minimum atomic E-state index is -4.28. The standard InChI is InChI=1S/C16H24F3NO/c1-4-15(21-6-3)14(20-5-2)11-12-7-9-13(10-8-12)16(17,18)19/h7-10,14-15,20H,4-6,11H2,1-3H3. The van der Waals surface area contributed by atoms with Crippen molar-refractivity contribution in [2.45, 2.75) is 51.9 Å². The second-order valence-electron chi connectivity index (χ2n) is 4.97. The van der Waals surface area contributed by atoms with Gasteiger partial charge in [-0.25, -0.2) is 0 Å². The molecule has 0 amide bonds. The summed E-state index contributed by atoms with van der Waals surface area (Å²) in [6, 6.07) is 5.48. The van der Waals surface area contributed by atoms with Crippen molar-refractivity contribution in [2.24, 2.45) is 0 Å². The Kier molecular flexibility index (Phi) is 7.18.